The van der Waals surface area contributed by atoms with Crippen LogP contribution in [0, 0.1) is 0 Å². The Hall–Kier alpha value is -0.460. The van der Waals surface area contributed by atoms with E-state index in [1.165, 1.54) is 0 Å². The van der Waals surface area contributed by atoms with Crippen LogP contribution in [0.4, 0.5) is 0 Å². The maximum atomic E-state index is 5.97. The van der Waals surface area contributed by atoms with Crippen molar-refractivity contribution in [1.82, 2.24) is 0 Å². The lowest BCUT2D eigenvalue weighted by atomic mass is 10.2. The van der Waals surface area contributed by atoms with Crippen molar-refractivity contribution in [3.63, 3.8) is 0 Å². The summed E-state index contributed by atoms with van der Waals surface area (Å²) in [5, 5.41) is 0. The van der Waals surface area contributed by atoms with Crippen molar-refractivity contribution < 1.29 is 23.7 Å². The molecule has 122 valence electrons. The Morgan fingerprint density at radius 1 is 1.14 bits per heavy atom. The Morgan fingerprint density at radius 2 is 1.95 bits per heavy atom. The quantitative estimate of drug-likeness (QED) is 0.314. The summed E-state index contributed by atoms with van der Waals surface area (Å²) in [6.07, 6.45) is 7.14. The predicted octanol–water partition coefficient (Wildman–Crippen LogP) is 2.30. The van der Waals surface area contributed by atoms with Crippen molar-refractivity contribution in [3.8, 4) is 0 Å². The van der Waals surface area contributed by atoms with Crippen LogP contribution in [0.25, 0.3) is 0 Å². The molecule has 0 aliphatic carbocycles. The summed E-state index contributed by atoms with van der Waals surface area (Å²) in [7, 11) is 0. The monoisotopic (exact) mass is 300 g/mol. The Kier molecular flexibility index (Phi) is 8.29. The van der Waals surface area contributed by atoms with E-state index in [2.05, 4.69) is 6.58 Å². The van der Waals surface area contributed by atoms with Crippen molar-refractivity contribution in [2.24, 2.45) is 0 Å². The van der Waals surface area contributed by atoms with Gasteiger partial charge in [-0.15, -0.1) is 6.58 Å². The van der Waals surface area contributed by atoms with E-state index in [1.54, 1.807) is 0 Å². The van der Waals surface area contributed by atoms with E-state index < -0.39 is 0 Å². The SMILES string of the molecule is C=CCCOCC(COCCC1CO1)OC1CCCCO1. The minimum absolute atomic E-state index is 0.0713. The predicted molar refractivity (Wildman–Crippen MR) is 79.3 cm³/mol. The molecule has 5 nitrogen and oxygen atoms in total. The molecule has 0 aromatic carbocycles. The van der Waals surface area contributed by atoms with Gasteiger partial charge in [0, 0.05) is 13.2 Å². The molecule has 3 unspecified atom stereocenters. The lowest BCUT2D eigenvalue weighted by molar-refractivity contribution is -0.207. The molecule has 2 aliphatic rings. The Morgan fingerprint density at radius 3 is 2.62 bits per heavy atom. The van der Waals surface area contributed by atoms with Gasteiger partial charge in [0.05, 0.1) is 32.5 Å². The molecular formula is C16H28O5. The Labute approximate surface area is 127 Å². The van der Waals surface area contributed by atoms with Crippen LogP contribution in [0.5, 0.6) is 0 Å². The van der Waals surface area contributed by atoms with Crippen LogP contribution in [0.3, 0.4) is 0 Å². The molecule has 0 aromatic rings. The third-order valence-corrected chi connectivity index (χ3v) is 3.54. The lowest BCUT2D eigenvalue weighted by Gasteiger charge is -2.27. The third-order valence-electron chi connectivity index (χ3n) is 3.54. The average molecular weight is 300 g/mol. The molecule has 0 aromatic heterocycles. The van der Waals surface area contributed by atoms with Crippen molar-refractivity contribution in [2.75, 3.05) is 39.6 Å². The standard InChI is InChI=1S/C16H28O5/c1-2-3-8-17-11-15(12-18-10-7-14-13-20-14)21-16-6-4-5-9-19-16/h2,14-16H,1,3-13H2. The third kappa shape index (κ3) is 7.93. The van der Waals surface area contributed by atoms with Gasteiger partial charge in [0.2, 0.25) is 0 Å². The molecule has 0 saturated carbocycles. The maximum Gasteiger partial charge on any atom is 0.158 e. The fraction of sp³-hybridized carbons (Fsp3) is 0.875. The van der Waals surface area contributed by atoms with E-state index in [1.807, 2.05) is 6.08 Å². The second-order valence-corrected chi connectivity index (χ2v) is 5.53. The van der Waals surface area contributed by atoms with Crippen LogP contribution in [-0.2, 0) is 23.7 Å². The van der Waals surface area contributed by atoms with Gasteiger partial charge in [-0.25, -0.2) is 0 Å². The zero-order valence-electron chi connectivity index (χ0n) is 12.8. The van der Waals surface area contributed by atoms with Crippen LogP contribution in [0.15, 0.2) is 12.7 Å². The van der Waals surface area contributed by atoms with Gasteiger partial charge in [-0.05, 0) is 32.1 Å². The molecule has 0 N–H and O–H groups in total. The summed E-state index contributed by atoms with van der Waals surface area (Å²) in [5.74, 6) is 0. The van der Waals surface area contributed by atoms with Crippen molar-refractivity contribution in [3.05, 3.63) is 12.7 Å². The Balaban J connectivity index is 1.61. The normalized spacial score (nSPS) is 26.5. The van der Waals surface area contributed by atoms with E-state index in [4.69, 9.17) is 23.7 Å². The molecule has 2 aliphatic heterocycles. The van der Waals surface area contributed by atoms with Gasteiger partial charge in [0.25, 0.3) is 0 Å². The molecule has 2 rings (SSSR count). The highest BCUT2D eigenvalue weighted by atomic mass is 16.7. The van der Waals surface area contributed by atoms with Crippen LogP contribution in [0.2, 0.25) is 0 Å². The van der Waals surface area contributed by atoms with E-state index in [-0.39, 0.29) is 12.4 Å². The highest BCUT2D eigenvalue weighted by molar-refractivity contribution is 4.69. The molecule has 2 fully saturated rings. The largest absolute Gasteiger partial charge is 0.379 e. The Bertz CT molecular complexity index is 274. The first-order valence-corrected chi connectivity index (χ1v) is 8.03. The summed E-state index contributed by atoms with van der Waals surface area (Å²) < 4.78 is 28.0. The molecule has 21 heavy (non-hydrogen) atoms. The second-order valence-electron chi connectivity index (χ2n) is 5.53. The smallest absolute Gasteiger partial charge is 0.158 e. The molecule has 0 spiro atoms. The van der Waals surface area contributed by atoms with E-state index in [0.29, 0.717) is 32.5 Å². The number of rotatable bonds is 12. The molecule has 0 amide bonds. The van der Waals surface area contributed by atoms with Gasteiger partial charge >= 0.3 is 0 Å². The van der Waals surface area contributed by atoms with Gasteiger partial charge in [-0.3, -0.25) is 0 Å². The molecule has 5 heteroatoms. The molecule has 2 heterocycles. The van der Waals surface area contributed by atoms with Gasteiger partial charge in [-0.1, -0.05) is 6.08 Å². The zero-order chi connectivity index (χ0) is 14.8. The highest BCUT2D eigenvalue weighted by Crippen LogP contribution is 2.16. The van der Waals surface area contributed by atoms with E-state index in [0.717, 1.165) is 45.3 Å². The summed E-state index contributed by atoms with van der Waals surface area (Å²) >= 11 is 0. The van der Waals surface area contributed by atoms with Crippen molar-refractivity contribution >= 4 is 0 Å². The molecular weight excluding hydrogens is 272 g/mol. The van der Waals surface area contributed by atoms with Gasteiger partial charge in [0.1, 0.15) is 6.10 Å². The fourth-order valence-electron chi connectivity index (χ4n) is 2.21. The maximum absolute atomic E-state index is 5.97. The van der Waals surface area contributed by atoms with Crippen LogP contribution >= 0.6 is 0 Å². The average Bonchev–Trinajstić information content (AvgIpc) is 3.33. The second kappa shape index (κ2) is 10.3. The molecule has 0 radical (unpaired) electrons. The number of hydrogen-bond acceptors (Lipinski definition) is 5. The van der Waals surface area contributed by atoms with Gasteiger partial charge in [0.15, 0.2) is 6.29 Å². The topological polar surface area (TPSA) is 49.5 Å². The summed E-state index contributed by atoms with van der Waals surface area (Å²) in [6, 6.07) is 0. The summed E-state index contributed by atoms with van der Waals surface area (Å²) in [6.45, 7) is 7.81. The number of ether oxygens (including phenoxy) is 5. The molecule has 2 saturated heterocycles. The number of epoxide rings is 1. The summed E-state index contributed by atoms with van der Waals surface area (Å²) in [4.78, 5) is 0. The summed E-state index contributed by atoms with van der Waals surface area (Å²) in [5.41, 5.74) is 0. The lowest BCUT2D eigenvalue weighted by Crippen LogP contribution is -2.34. The first kappa shape index (κ1) is 16.9. The van der Waals surface area contributed by atoms with Crippen LogP contribution < -0.4 is 0 Å². The zero-order valence-corrected chi connectivity index (χ0v) is 12.8. The molecule has 3 atom stereocenters. The van der Waals surface area contributed by atoms with Crippen LogP contribution in [0.1, 0.15) is 32.1 Å². The van der Waals surface area contributed by atoms with Gasteiger partial charge < -0.3 is 23.7 Å². The van der Waals surface area contributed by atoms with E-state index >= 15 is 0 Å². The first-order valence-electron chi connectivity index (χ1n) is 8.03. The highest BCUT2D eigenvalue weighted by Gasteiger charge is 2.23. The fourth-order valence-corrected chi connectivity index (χ4v) is 2.21. The van der Waals surface area contributed by atoms with Crippen molar-refractivity contribution in [2.45, 2.75) is 50.6 Å². The van der Waals surface area contributed by atoms with Crippen LogP contribution in [-0.4, -0.2) is 58.1 Å². The first-order chi connectivity index (χ1) is 10.4. The molecule has 0 bridgehead atoms. The van der Waals surface area contributed by atoms with Gasteiger partial charge in [-0.2, -0.15) is 0 Å². The van der Waals surface area contributed by atoms with E-state index in [9.17, 15) is 0 Å². The minimum atomic E-state index is -0.109. The minimum Gasteiger partial charge on any atom is -0.379 e. The number of hydrogen-bond donors (Lipinski definition) is 0. The van der Waals surface area contributed by atoms with Crippen molar-refractivity contribution in [1.29, 1.82) is 0 Å².